The molecule has 1 aromatic heterocycles. The third-order valence-electron chi connectivity index (χ3n) is 3.55. The molecule has 6 heteroatoms. The van der Waals surface area contributed by atoms with Crippen LogP contribution in [0.3, 0.4) is 0 Å². The number of carbonyl (C=O) groups excluding carboxylic acids is 1. The summed E-state index contributed by atoms with van der Waals surface area (Å²) in [5.74, 6) is 0.787. The van der Waals surface area contributed by atoms with E-state index in [9.17, 15) is 9.18 Å². The van der Waals surface area contributed by atoms with Crippen LogP contribution in [0.2, 0.25) is 0 Å². The van der Waals surface area contributed by atoms with Gasteiger partial charge in [-0.2, -0.15) is 0 Å². The maximum Gasteiger partial charge on any atom is 0.260 e. The first-order valence-electron chi connectivity index (χ1n) is 7.35. The average Bonchev–Trinajstić information content (AvgIpc) is 2.50. The molecule has 0 saturated carbocycles. The van der Waals surface area contributed by atoms with Crippen molar-refractivity contribution >= 4 is 5.91 Å². The molecule has 2 aromatic rings. The van der Waals surface area contributed by atoms with E-state index in [1.54, 1.807) is 17.2 Å². The molecule has 120 valence electrons. The Kier molecular flexibility index (Phi) is 4.41. The number of nitrogens with zero attached hydrogens (tertiary/aromatic N) is 2. The summed E-state index contributed by atoms with van der Waals surface area (Å²) >= 11 is 0. The number of aromatic nitrogens is 1. The number of likely N-dealkylation sites (tertiary alicyclic amines) is 1. The highest BCUT2D eigenvalue weighted by Gasteiger charge is 2.32. The molecular weight excluding hydrogens is 299 g/mol. The minimum Gasteiger partial charge on any atom is -0.487 e. The number of rotatable bonds is 5. The van der Waals surface area contributed by atoms with Crippen LogP contribution in [-0.2, 0) is 4.79 Å². The van der Waals surface area contributed by atoms with Crippen LogP contribution in [0.25, 0.3) is 0 Å². The molecule has 0 spiro atoms. The Morgan fingerprint density at radius 3 is 2.70 bits per heavy atom. The van der Waals surface area contributed by atoms with Crippen molar-refractivity contribution in [2.75, 3.05) is 19.7 Å². The van der Waals surface area contributed by atoms with Crippen molar-refractivity contribution in [3.05, 3.63) is 54.1 Å². The van der Waals surface area contributed by atoms with Crippen LogP contribution in [0.1, 0.15) is 5.69 Å². The van der Waals surface area contributed by atoms with Gasteiger partial charge < -0.3 is 14.4 Å². The zero-order valence-electron chi connectivity index (χ0n) is 12.7. The molecule has 0 unspecified atom stereocenters. The highest BCUT2D eigenvalue weighted by Crippen LogP contribution is 2.19. The van der Waals surface area contributed by atoms with Crippen LogP contribution < -0.4 is 9.47 Å². The molecule has 1 saturated heterocycles. The summed E-state index contributed by atoms with van der Waals surface area (Å²) in [4.78, 5) is 17.8. The van der Waals surface area contributed by atoms with Crippen LogP contribution in [0.4, 0.5) is 4.39 Å². The summed E-state index contributed by atoms with van der Waals surface area (Å²) in [6.45, 7) is 2.91. The predicted octanol–water partition coefficient (Wildman–Crippen LogP) is 2.20. The van der Waals surface area contributed by atoms with Crippen molar-refractivity contribution in [3.8, 4) is 11.5 Å². The Bertz CT molecular complexity index is 684. The Balaban J connectivity index is 1.42. The van der Waals surface area contributed by atoms with Crippen LogP contribution in [-0.4, -0.2) is 41.6 Å². The van der Waals surface area contributed by atoms with Crippen LogP contribution in [0.5, 0.6) is 11.5 Å². The van der Waals surface area contributed by atoms with E-state index in [0.29, 0.717) is 18.8 Å². The SMILES string of the molecule is Cc1cc(OC2CN(C(=O)COc3ccc(F)cc3)C2)ccn1. The number of ether oxygens (including phenoxy) is 2. The van der Waals surface area contributed by atoms with Gasteiger partial charge in [0.15, 0.2) is 6.61 Å². The molecule has 5 nitrogen and oxygen atoms in total. The van der Waals surface area contributed by atoms with Gasteiger partial charge in [0.2, 0.25) is 0 Å². The van der Waals surface area contributed by atoms with E-state index in [1.807, 2.05) is 13.0 Å². The average molecular weight is 316 g/mol. The molecule has 0 atom stereocenters. The fourth-order valence-electron chi connectivity index (χ4n) is 2.27. The number of hydrogen-bond acceptors (Lipinski definition) is 4. The Morgan fingerprint density at radius 1 is 1.26 bits per heavy atom. The van der Waals surface area contributed by atoms with Crippen LogP contribution in [0, 0.1) is 12.7 Å². The number of pyridine rings is 1. The van der Waals surface area contributed by atoms with Gasteiger partial charge in [0.05, 0.1) is 13.1 Å². The minimum absolute atomic E-state index is 0.00780. The van der Waals surface area contributed by atoms with Gasteiger partial charge in [0, 0.05) is 18.0 Å². The van der Waals surface area contributed by atoms with E-state index in [1.165, 1.54) is 24.3 Å². The largest absolute Gasteiger partial charge is 0.487 e. The van der Waals surface area contributed by atoms with Gasteiger partial charge in [0.1, 0.15) is 23.4 Å². The summed E-state index contributed by atoms with van der Waals surface area (Å²) in [5.41, 5.74) is 0.891. The smallest absolute Gasteiger partial charge is 0.260 e. The second-order valence-electron chi connectivity index (χ2n) is 5.41. The number of amides is 1. The van der Waals surface area contributed by atoms with E-state index in [2.05, 4.69) is 4.98 Å². The van der Waals surface area contributed by atoms with Gasteiger partial charge >= 0.3 is 0 Å². The van der Waals surface area contributed by atoms with E-state index in [-0.39, 0.29) is 24.4 Å². The minimum atomic E-state index is -0.335. The number of hydrogen-bond donors (Lipinski definition) is 0. The number of aryl methyl sites for hydroxylation is 1. The number of carbonyl (C=O) groups is 1. The predicted molar refractivity (Wildman–Crippen MR) is 81.9 cm³/mol. The van der Waals surface area contributed by atoms with E-state index >= 15 is 0 Å². The first-order valence-corrected chi connectivity index (χ1v) is 7.35. The van der Waals surface area contributed by atoms with E-state index in [0.717, 1.165) is 11.4 Å². The Labute approximate surface area is 133 Å². The molecule has 0 radical (unpaired) electrons. The molecule has 1 aliphatic heterocycles. The quantitative estimate of drug-likeness (QED) is 0.848. The third kappa shape index (κ3) is 3.97. The molecule has 1 fully saturated rings. The molecule has 23 heavy (non-hydrogen) atoms. The normalized spacial score (nSPS) is 14.3. The maximum atomic E-state index is 12.8. The molecule has 1 aliphatic rings. The molecule has 0 aliphatic carbocycles. The van der Waals surface area contributed by atoms with Crippen molar-refractivity contribution in [2.45, 2.75) is 13.0 Å². The maximum absolute atomic E-state index is 12.8. The van der Waals surface area contributed by atoms with Gasteiger partial charge in [-0.3, -0.25) is 9.78 Å². The zero-order valence-corrected chi connectivity index (χ0v) is 12.7. The van der Waals surface area contributed by atoms with Gasteiger partial charge in [-0.25, -0.2) is 4.39 Å². The zero-order chi connectivity index (χ0) is 16.2. The van der Waals surface area contributed by atoms with Crippen LogP contribution in [0.15, 0.2) is 42.6 Å². The molecule has 3 rings (SSSR count). The molecule has 2 heterocycles. The van der Waals surface area contributed by atoms with Gasteiger partial charge in [-0.05, 0) is 37.3 Å². The summed E-state index contributed by atoms with van der Waals surface area (Å²) in [6.07, 6.45) is 1.69. The highest BCUT2D eigenvalue weighted by atomic mass is 19.1. The van der Waals surface area contributed by atoms with Crippen LogP contribution >= 0.6 is 0 Å². The summed E-state index contributed by atoms with van der Waals surface area (Å²) in [5, 5.41) is 0. The highest BCUT2D eigenvalue weighted by molar-refractivity contribution is 5.78. The van der Waals surface area contributed by atoms with E-state index < -0.39 is 0 Å². The Morgan fingerprint density at radius 2 is 2.00 bits per heavy atom. The second-order valence-corrected chi connectivity index (χ2v) is 5.41. The summed E-state index contributed by atoms with van der Waals surface area (Å²) < 4.78 is 23.9. The molecule has 1 amide bonds. The lowest BCUT2D eigenvalue weighted by atomic mass is 10.1. The lowest BCUT2D eigenvalue weighted by Gasteiger charge is -2.38. The summed E-state index contributed by atoms with van der Waals surface area (Å²) in [7, 11) is 0. The summed E-state index contributed by atoms with van der Waals surface area (Å²) in [6, 6.07) is 9.25. The van der Waals surface area contributed by atoms with Crippen molar-refractivity contribution in [1.29, 1.82) is 0 Å². The monoisotopic (exact) mass is 316 g/mol. The first kappa shape index (κ1) is 15.3. The fraction of sp³-hybridized carbons (Fsp3) is 0.294. The lowest BCUT2D eigenvalue weighted by molar-refractivity contribution is -0.142. The molecule has 1 aromatic carbocycles. The standard InChI is InChI=1S/C17H17FN2O3/c1-12-8-15(6-7-19-12)23-16-9-20(10-16)17(21)11-22-14-4-2-13(18)3-5-14/h2-8,16H,9-11H2,1H3. The van der Waals surface area contributed by atoms with Crippen molar-refractivity contribution in [2.24, 2.45) is 0 Å². The topological polar surface area (TPSA) is 51.7 Å². The van der Waals surface area contributed by atoms with Gasteiger partial charge in [-0.15, -0.1) is 0 Å². The first-order chi connectivity index (χ1) is 11.1. The molecular formula is C17H17FN2O3. The second kappa shape index (κ2) is 6.64. The fourth-order valence-corrected chi connectivity index (χ4v) is 2.27. The number of benzene rings is 1. The van der Waals surface area contributed by atoms with Crippen molar-refractivity contribution in [1.82, 2.24) is 9.88 Å². The third-order valence-corrected chi connectivity index (χ3v) is 3.55. The lowest BCUT2D eigenvalue weighted by Crippen LogP contribution is -2.57. The molecule has 0 bridgehead atoms. The van der Waals surface area contributed by atoms with Crippen molar-refractivity contribution in [3.63, 3.8) is 0 Å². The van der Waals surface area contributed by atoms with E-state index in [4.69, 9.17) is 9.47 Å². The van der Waals surface area contributed by atoms with Gasteiger partial charge in [-0.1, -0.05) is 0 Å². The van der Waals surface area contributed by atoms with Gasteiger partial charge in [0.25, 0.3) is 5.91 Å². The number of halogens is 1. The molecule has 0 N–H and O–H groups in total. The van der Waals surface area contributed by atoms with Crippen molar-refractivity contribution < 1.29 is 18.7 Å². The Hall–Kier alpha value is -2.63.